The van der Waals surface area contributed by atoms with E-state index in [0.29, 0.717) is 5.56 Å². The standard InChI is InChI=1S/C19H17BrF3NO4/c1-27-18(26)10-15(12-6-8-13(20)9-7-12)24-17(25)11-28-16-5-3-2-4-14(16)19(21,22)23/h2-9,15H,10-11H2,1H3,(H,24,25). The molecule has 1 atom stereocenters. The van der Waals surface area contributed by atoms with Crippen molar-refractivity contribution < 1.29 is 32.2 Å². The molecule has 150 valence electrons. The van der Waals surface area contributed by atoms with Crippen molar-refractivity contribution in [2.75, 3.05) is 13.7 Å². The fraction of sp³-hybridized carbons (Fsp3) is 0.263. The summed E-state index contributed by atoms with van der Waals surface area (Å²) in [6.07, 6.45) is -4.74. The van der Waals surface area contributed by atoms with Gasteiger partial charge in [-0.05, 0) is 29.8 Å². The number of nitrogens with one attached hydrogen (secondary N) is 1. The first kappa shape index (κ1) is 21.7. The average Bonchev–Trinajstić information content (AvgIpc) is 2.66. The van der Waals surface area contributed by atoms with E-state index in [2.05, 4.69) is 26.0 Å². The van der Waals surface area contributed by atoms with Crippen molar-refractivity contribution in [3.05, 3.63) is 64.1 Å². The number of amides is 1. The summed E-state index contributed by atoms with van der Waals surface area (Å²) in [6.45, 7) is -0.638. The maximum atomic E-state index is 13.0. The van der Waals surface area contributed by atoms with Crippen molar-refractivity contribution in [2.45, 2.75) is 18.6 Å². The molecule has 0 aliphatic carbocycles. The highest BCUT2D eigenvalue weighted by Gasteiger charge is 2.34. The maximum absolute atomic E-state index is 13.0. The van der Waals surface area contributed by atoms with Crippen LogP contribution in [0.25, 0.3) is 0 Å². The number of methoxy groups -OCH3 is 1. The molecule has 28 heavy (non-hydrogen) atoms. The lowest BCUT2D eigenvalue weighted by molar-refractivity contribution is -0.142. The summed E-state index contributed by atoms with van der Waals surface area (Å²) in [6, 6.07) is 10.8. The molecule has 0 aliphatic heterocycles. The van der Waals surface area contributed by atoms with Gasteiger partial charge in [-0.2, -0.15) is 13.2 Å². The minimum Gasteiger partial charge on any atom is -0.483 e. The lowest BCUT2D eigenvalue weighted by Crippen LogP contribution is -2.34. The number of rotatable bonds is 7. The number of halogens is 4. The van der Waals surface area contributed by atoms with Gasteiger partial charge in [0.1, 0.15) is 5.75 Å². The van der Waals surface area contributed by atoms with Crippen LogP contribution in [0, 0.1) is 0 Å². The molecule has 0 saturated carbocycles. The Morgan fingerprint density at radius 1 is 1.11 bits per heavy atom. The predicted octanol–water partition coefficient (Wildman–Crippen LogP) is 4.27. The van der Waals surface area contributed by atoms with E-state index in [-0.39, 0.29) is 6.42 Å². The van der Waals surface area contributed by atoms with Crippen LogP contribution in [0.4, 0.5) is 13.2 Å². The Morgan fingerprint density at radius 2 is 1.75 bits per heavy atom. The third kappa shape index (κ3) is 6.26. The molecule has 1 N–H and O–H groups in total. The van der Waals surface area contributed by atoms with E-state index in [1.54, 1.807) is 24.3 Å². The van der Waals surface area contributed by atoms with Gasteiger partial charge in [0.15, 0.2) is 6.61 Å². The maximum Gasteiger partial charge on any atom is 0.419 e. The zero-order chi connectivity index (χ0) is 20.7. The van der Waals surface area contributed by atoms with Crippen LogP contribution in [-0.4, -0.2) is 25.6 Å². The molecular weight excluding hydrogens is 443 g/mol. The fourth-order valence-corrected chi connectivity index (χ4v) is 2.67. The number of benzene rings is 2. The normalized spacial score (nSPS) is 12.2. The van der Waals surface area contributed by atoms with Crippen molar-refractivity contribution >= 4 is 27.8 Å². The zero-order valence-electron chi connectivity index (χ0n) is 14.8. The molecule has 0 aromatic heterocycles. The molecule has 1 amide bonds. The van der Waals surface area contributed by atoms with Crippen molar-refractivity contribution in [2.24, 2.45) is 0 Å². The molecule has 0 spiro atoms. The van der Waals surface area contributed by atoms with Gasteiger partial charge in [-0.15, -0.1) is 0 Å². The second kappa shape index (κ2) is 9.59. The van der Waals surface area contributed by atoms with E-state index >= 15 is 0 Å². The minimum absolute atomic E-state index is 0.136. The average molecular weight is 460 g/mol. The quantitative estimate of drug-likeness (QED) is 0.628. The first-order valence-corrected chi connectivity index (χ1v) is 8.90. The molecule has 0 radical (unpaired) electrons. The van der Waals surface area contributed by atoms with E-state index in [1.165, 1.54) is 19.2 Å². The molecular formula is C19H17BrF3NO4. The highest BCUT2D eigenvalue weighted by Crippen LogP contribution is 2.35. The van der Waals surface area contributed by atoms with Gasteiger partial charge in [0.2, 0.25) is 0 Å². The molecule has 2 aromatic rings. The van der Waals surface area contributed by atoms with Gasteiger partial charge in [-0.3, -0.25) is 9.59 Å². The summed E-state index contributed by atoms with van der Waals surface area (Å²) in [7, 11) is 1.22. The fourth-order valence-electron chi connectivity index (χ4n) is 2.40. The first-order valence-electron chi connectivity index (χ1n) is 8.11. The molecule has 0 fully saturated rings. The molecule has 1 unspecified atom stereocenters. The summed E-state index contributed by atoms with van der Waals surface area (Å²) >= 11 is 3.29. The van der Waals surface area contributed by atoms with Crippen LogP contribution in [0.3, 0.4) is 0 Å². The number of ether oxygens (including phenoxy) is 2. The van der Waals surface area contributed by atoms with Crippen LogP contribution in [0.15, 0.2) is 53.0 Å². The Balaban J connectivity index is 2.08. The monoisotopic (exact) mass is 459 g/mol. The van der Waals surface area contributed by atoms with Crippen LogP contribution in [-0.2, 0) is 20.5 Å². The molecule has 0 saturated heterocycles. The Kier molecular flexibility index (Phi) is 7.45. The summed E-state index contributed by atoms with van der Waals surface area (Å²) in [4.78, 5) is 23.9. The third-order valence-electron chi connectivity index (χ3n) is 3.76. The summed E-state index contributed by atoms with van der Waals surface area (Å²) in [5.74, 6) is -1.66. The molecule has 5 nitrogen and oxygen atoms in total. The smallest absolute Gasteiger partial charge is 0.419 e. The van der Waals surface area contributed by atoms with Crippen LogP contribution in [0.1, 0.15) is 23.6 Å². The second-order valence-corrected chi connectivity index (χ2v) is 6.65. The molecule has 2 rings (SSSR count). The Labute approximate surface area is 168 Å². The predicted molar refractivity (Wildman–Crippen MR) is 98.6 cm³/mol. The Bertz CT molecular complexity index is 825. The largest absolute Gasteiger partial charge is 0.483 e. The van der Waals surface area contributed by atoms with E-state index < -0.39 is 42.0 Å². The minimum atomic E-state index is -4.60. The van der Waals surface area contributed by atoms with Crippen molar-refractivity contribution in [1.82, 2.24) is 5.32 Å². The van der Waals surface area contributed by atoms with E-state index in [4.69, 9.17) is 4.74 Å². The number of carbonyl (C=O) groups is 2. The Morgan fingerprint density at radius 3 is 2.36 bits per heavy atom. The molecule has 2 aromatic carbocycles. The lowest BCUT2D eigenvalue weighted by atomic mass is 10.0. The Hall–Kier alpha value is -2.55. The van der Waals surface area contributed by atoms with Crippen LogP contribution in [0.5, 0.6) is 5.75 Å². The summed E-state index contributed by atoms with van der Waals surface area (Å²) in [5, 5.41) is 2.59. The van der Waals surface area contributed by atoms with Crippen LogP contribution in [0.2, 0.25) is 0 Å². The second-order valence-electron chi connectivity index (χ2n) is 5.73. The topological polar surface area (TPSA) is 64.6 Å². The van der Waals surface area contributed by atoms with Crippen molar-refractivity contribution in [3.8, 4) is 5.75 Å². The SMILES string of the molecule is COC(=O)CC(NC(=O)COc1ccccc1C(F)(F)F)c1ccc(Br)cc1. The molecule has 0 aliphatic rings. The van der Waals surface area contributed by atoms with Crippen LogP contribution >= 0.6 is 15.9 Å². The molecule has 9 heteroatoms. The number of carbonyl (C=O) groups excluding carboxylic acids is 2. The number of alkyl halides is 3. The van der Waals surface area contributed by atoms with Gasteiger partial charge in [-0.1, -0.05) is 40.2 Å². The molecule has 0 bridgehead atoms. The summed E-state index contributed by atoms with van der Waals surface area (Å²) in [5.41, 5.74) is -0.334. The van der Waals surface area contributed by atoms with Gasteiger partial charge in [0, 0.05) is 4.47 Å². The van der Waals surface area contributed by atoms with E-state index in [1.807, 2.05) is 0 Å². The van der Waals surface area contributed by atoms with Gasteiger partial charge in [0.25, 0.3) is 5.91 Å². The summed E-state index contributed by atoms with van der Waals surface area (Å²) < 4.78 is 49.5. The van der Waals surface area contributed by atoms with Crippen LogP contribution < -0.4 is 10.1 Å². The number of esters is 1. The zero-order valence-corrected chi connectivity index (χ0v) is 16.3. The van der Waals surface area contributed by atoms with E-state index in [0.717, 1.165) is 16.6 Å². The van der Waals surface area contributed by atoms with Crippen molar-refractivity contribution in [1.29, 1.82) is 0 Å². The van der Waals surface area contributed by atoms with Crippen molar-refractivity contribution in [3.63, 3.8) is 0 Å². The number of para-hydroxylation sites is 1. The highest BCUT2D eigenvalue weighted by atomic mass is 79.9. The third-order valence-corrected chi connectivity index (χ3v) is 4.29. The van der Waals surface area contributed by atoms with Gasteiger partial charge >= 0.3 is 12.1 Å². The van der Waals surface area contributed by atoms with E-state index in [9.17, 15) is 22.8 Å². The number of hydrogen-bond donors (Lipinski definition) is 1. The molecule has 0 heterocycles. The first-order chi connectivity index (χ1) is 13.2. The highest BCUT2D eigenvalue weighted by molar-refractivity contribution is 9.10. The van der Waals surface area contributed by atoms with Gasteiger partial charge in [0.05, 0.1) is 25.1 Å². The number of hydrogen-bond acceptors (Lipinski definition) is 4. The van der Waals surface area contributed by atoms with Gasteiger partial charge in [-0.25, -0.2) is 0 Å². The lowest BCUT2D eigenvalue weighted by Gasteiger charge is -2.19. The van der Waals surface area contributed by atoms with Gasteiger partial charge < -0.3 is 14.8 Å².